The first-order valence-electron chi connectivity index (χ1n) is 14.4. The summed E-state index contributed by atoms with van der Waals surface area (Å²) in [6.07, 6.45) is 5.19. The van der Waals surface area contributed by atoms with Crippen LogP contribution >= 0.6 is 0 Å². The number of nitrogens with one attached hydrogen (secondary N) is 1. The number of aryl methyl sites for hydroxylation is 3. The first-order chi connectivity index (χ1) is 19.6. The fourth-order valence-corrected chi connectivity index (χ4v) is 6.75. The van der Waals surface area contributed by atoms with Crippen LogP contribution < -0.4 is 9.62 Å². The number of anilines is 1. The standard InChI is InChI=1S/C33H41N3O4S/c1-24-16-19-28(20-17-24)22-35(27(4)33(38)34-29-11-7-5-8-12-29)32(37)23-36(31-21-25(2)15-18-26(31)3)41(39,40)30-13-9-6-10-14-30/h6,9-10,13-21,27,29H,5,7-8,11-12,22-23H2,1-4H3,(H,34,38)/t27-/m1/s1. The van der Waals surface area contributed by atoms with Gasteiger partial charge in [0.2, 0.25) is 11.8 Å². The number of hydrogen-bond acceptors (Lipinski definition) is 4. The number of nitrogens with zero attached hydrogens (tertiary/aromatic N) is 2. The van der Waals surface area contributed by atoms with Gasteiger partial charge < -0.3 is 10.2 Å². The normalized spacial score (nSPS) is 14.7. The van der Waals surface area contributed by atoms with Crippen molar-refractivity contribution in [3.63, 3.8) is 0 Å². The van der Waals surface area contributed by atoms with Crippen molar-refractivity contribution in [1.29, 1.82) is 0 Å². The Labute approximate surface area is 244 Å². The minimum absolute atomic E-state index is 0.0972. The SMILES string of the molecule is Cc1ccc(CN(C(=O)CN(c2cc(C)ccc2C)S(=O)(=O)c2ccccc2)[C@H](C)C(=O)NC2CCCCC2)cc1. The summed E-state index contributed by atoms with van der Waals surface area (Å²) < 4.78 is 29.2. The lowest BCUT2D eigenvalue weighted by atomic mass is 9.95. The van der Waals surface area contributed by atoms with Gasteiger partial charge in [-0.1, -0.05) is 79.4 Å². The van der Waals surface area contributed by atoms with Gasteiger partial charge in [-0.15, -0.1) is 0 Å². The van der Waals surface area contributed by atoms with E-state index in [1.54, 1.807) is 31.2 Å². The third-order valence-electron chi connectivity index (χ3n) is 7.84. The van der Waals surface area contributed by atoms with Gasteiger partial charge in [-0.05, 0) is 75.4 Å². The van der Waals surface area contributed by atoms with E-state index < -0.39 is 28.5 Å². The van der Waals surface area contributed by atoms with Gasteiger partial charge in [0.05, 0.1) is 10.6 Å². The van der Waals surface area contributed by atoms with E-state index in [9.17, 15) is 18.0 Å². The second-order valence-electron chi connectivity index (χ2n) is 11.1. The fraction of sp³-hybridized carbons (Fsp3) is 0.394. The highest BCUT2D eigenvalue weighted by atomic mass is 32.2. The van der Waals surface area contributed by atoms with Crippen molar-refractivity contribution in [3.8, 4) is 0 Å². The summed E-state index contributed by atoms with van der Waals surface area (Å²) in [5, 5.41) is 3.14. The van der Waals surface area contributed by atoms with Gasteiger partial charge in [-0.3, -0.25) is 13.9 Å². The van der Waals surface area contributed by atoms with Crippen LogP contribution in [0, 0.1) is 20.8 Å². The van der Waals surface area contributed by atoms with Gasteiger partial charge in [0, 0.05) is 12.6 Å². The van der Waals surface area contributed by atoms with Crippen LogP contribution in [-0.4, -0.2) is 43.8 Å². The summed E-state index contributed by atoms with van der Waals surface area (Å²) in [4.78, 5) is 29.2. The molecule has 3 aromatic rings. The second kappa shape index (κ2) is 13.3. The zero-order valence-corrected chi connectivity index (χ0v) is 25.3. The minimum Gasteiger partial charge on any atom is -0.352 e. The van der Waals surface area contributed by atoms with Crippen LogP contribution in [0.2, 0.25) is 0 Å². The van der Waals surface area contributed by atoms with E-state index in [4.69, 9.17) is 0 Å². The molecule has 218 valence electrons. The number of sulfonamides is 1. The Bertz CT molecular complexity index is 1450. The zero-order valence-electron chi connectivity index (χ0n) is 24.5. The molecule has 0 unspecified atom stereocenters. The Balaban J connectivity index is 1.69. The van der Waals surface area contributed by atoms with Crippen molar-refractivity contribution in [3.05, 3.63) is 95.1 Å². The van der Waals surface area contributed by atoms with Gasteiger partial charge in [0.15, 0.2) is 0 Å². The molecule has 4 rings (SSSR count). The quantitative estimate of drug-likeness (QED) is 0.337. The van der Waals surface area contributed by atoms with E-state index in [2.05, 4.69) is 5.32 Å². The molecule has 0 spiro atoms. The lowest BCUT2D eigenvalue weighted by molar-refractivity contribution is -0.139. The highest BCUT2D eigenvalue weighted by Gasteiger charge is 2.33. The van der Waals surface area contributed by atoms with E-state index in [1.165, 1.54) is 27.8 Å². The molecule has 3 aromatic carbocycles. The molecule has 0 bridgehead atoms. The first-order valence-corrected chi connectivity index (χ1v) is 15.8. The largest absolute Gasteiger partial charge is 0.352 e. The number of rotatable bonds is 10. The van der Waals surface area contributed by atoms with Crippen LogP contribution in [0.3, 0.4) is 0 Å². The third kappa shape index (κ3) is 7.55. The molecule has 0 heterocycles. The summed E-state index contributed by atoms with van der Waals surface area (Å²) in [5.74, 6) is -0.668. The molecule has 0 saturated heterocycles. The predicted molar refractivity (Wildman–Crippen MR) is 163 cm³/mol. The number of amides is 2. The number of carbonyl (C=O) groups is 2. The molecule has 1 N–H and O–H groups in total. The maximum atomic E-state index is 14.2. The molecule has 1 fully saturated rings. The van der Waals surface area contributed by atoms with Crippen LogP contribution in [0.4, 0.5) is 5.69 Å². The average Bonchev–Trinajstić information content (AvgIpc) is 2.97. The van der Waals surface area contributed by atoms with Gasteiger partial charge in [-0.25, -0.2) is 8.42 Å². The van der Waals surface area contributed by atoms with Crippen molar-refractivity contribution in [2.24, 2.45) is 0 Å². The molecule has 7 nitrogen and oxygen atoms in total. The summed E-state index contributed by atoms with van der Waals surface area (Å²) >= 11 is 0. The minimum atomic E-state index is -4.08. The molecule has 2 amide bonds. The van der Waals surface area contributed by atoms with Crippen molar-refractivity contribution >= 4 is 27.5 Å². The molecule has 41 heavy (non-hydrogen) atoms. The summed E-state index contributed by atoms with van der Waals surface area (Å²) in [7, 11) is -4.08. The molecule has 1 saturated carbocycles. The summed E-state index contributed by atoms with van der Waals surface area (Å²) in [6, 6.07) is 20.8. The van der Waals surface area contributed by atoms with Gasteiger partial charge in [0.1, 0.15) is 12.6 Å². The Hall–Kier alpha value is -3.65. The molecule has 0 aliphatic heterocycles. The molecule has 0 radical (unpaired) electrons. The van der Waals surface area contributed by atoms with E-state index >= 15 is 0 Å². The molecule has 8 heteroatoms. The van der Waals surface area contributed by atoms with Crippen LogP contribution in [-0.2, 0) is 26.2 Å². The molecule has 1 aliphatic rings. The van der Waals surface area contributed by atoms with Crippen molar-refractivity contribution in [1.82, 2.24) is 10.2 Å². The van der Waals surface area contributed by atoms with E-state index in [1.807, 2.05) is 57.2 Å². The van der Waals surface area contributed by atoms with E-state index in [0.717, 1.165) is 47.9 Å². The Morgan fingerprint density at radius 3 is 2.17 bits per heavy atom. The van der Waals surface area contributed by atoms with Gasteiger partial charge in [-0.2, -0.15) is 0 Å². The van der Waals surface area contributed by atoms with Crippen molar-refractivity contribution in [2.75, 3.05) is 10.8 Å². The Morgan fingerprint density at radius 2 is 1.51 bits per heavy atom. The Kier molecular flexibility index (Phi) is 9.86. The van der Waals surface area contributed by atoms with Crippen LogP contribution in [0.5, 0.6) is 0 Å². The molecular weight excluding hydrogens is 534 g/mol. The number of hydrogen-bond donors (Lipinski definition) is 1. The first kappa shape index (κ1) is 30.3. The van der Waals surface area contributed by atoms with E-state index in [0.29, 0.717) is 5.69 Å². The van der Waals surface area contributed by atoms with Crippen LogP contribution in [0.25, 0.3) is 0 Å². The monoisotopic (exact) mass is 575 g/mol. The molecular formula is C33H41N3O4S. The highest BCUT2D eigenvalue weighted by Crippen LogP contribution is 2.28. The summed E-state index contributed by atoms with van der Waals surface area (Å²) in [5.41, 5.74) is 4.01. The number of carbonyl (C=O) groups excluding carboxylic acids is 2. The van der Waals surface area contributed by atoms with Crippen molar-refractivity contribution in [2.45, 2.75) is 83.3 Å². The van der Waals surface area contributed by atoms with Crippen molar-refractivity contribution < 1.29 is 18.0 Å². The van der Waals surface area contributed by atoms with Gasteiger partial charge >= 0.3 is 0 Å². The lowest BCUT2D eigenvalue weighted by Crippen LogP contribution is -2.53. The lowest BCUT2D eigenvalue weighted by Gasteiger charge is -2.33. The third-order valence-corrected chi connectivity index (χ3v) is 9.61. The van der Waals surface area contributed by atoms with Crippen LogP contribution in [0.1, 0.15) is 61.3 Å². The maximum absolute atomic E-state index is 14.2. The fourth-order valence-electron chi connectivity index (χ4n) is 5.26. The summed E-state index contributed by atoms with van der Waals surface area (Å²) in [6.45, 7) is 7.18. The zero-order chi connectivity index (χ0) is 29.6. The Morgan fingerprint density at radius 1 is 0.878 bits per heavy atom. The van der Waals surface area contributed by atoms with Crippen LogP contribution in [0.15, 0.2) is 77.7 Å². The van der Waals surface area contributed by atoms with E-state index in [-0.39, 0.29) is 23.4 Å². The highest BCUT2D eigenvalue weighted by molar-refractivity contribution is 7.92. The topological polar surface area (TPSA) is 86.8 Å². The second-order valence-corrected chi connectivity index (χ2v) is 13.0. The average molecular weight is 576 g/mol. The number of benzene rings is 3. The molecule has 1 atom stereocenters. The smallest absolute Gasteiger partial charge is 0.264 e. The maximum Gasteiger partial charge on any atom is 0.264 e. The predicted octanol–water partition coefficient (Wildman–Crippen LogP) is 5.67. The van der Waals surface area contributed by atoms with Gasteiger partial charge in [0.25, 0.3) is 10.0 Å². The molecule has 1 aliphatic carbocycles. The molecule has 0 aromatic heterocycles.